The Bertz CT molecular complexity index is 151. The molecule has 0 aromatic heterocycles. The van der Waals surface area contributed by atoms with Gasteiger partial charge in [-0.3, -0.25) is 0 Å². The molecule has 0 aliphatic carbocycles. The van der Waals surface area contributed by atoms with Gasteiger partial charge in [0.15, 0.2) is 0 Å². The fraction of sp³-hybridized carbons (Fsp3) is 0.857. The van der Waals surface area contributed by atoms with Crippen LogP contribution in [-0.2, 0) is 0 Å². The summed E-state index contributed by atoms with van der Waals surface area (Å²) in [7, 11) is 0. The first kappa shape index (κ1) is 8.33. The number of nitrogens with one attached hydrogen (secondary N) is 1. The molecule has 0 saturated carbocycles. The van der Waals surface area contributed by atoms with E-state index in [1.54, 1.807) is 0 Å². The zero-order chi connectivity index (χ0) is 8.43. The van der Waals surface area contributed by atoms with Crippen molar-refractivity contribution >= 4 is 6.09 Å². The van der Waals surface area contributed by atoms with E-state index in [9.17, 15) is 4.79 Å². The Morgan fingerprint density at radius 2 is 1.91 bits per heavy atom. The smallest absolute Gasteiger partial charge is 0.407 e. The van der Waals surface area contributed by atoms with Gasteiger partial charge >= 0.3 is 6.09 Å². The van der Waals surface area contributed by atoms with Crippen molar-refractivity contribution in [1.29, 1.82) is 0 Å². The molecule has 1 aliphatic heterocycles. The van der Waals surface area contributed by atoms with Crippen molar-refractivity contribution in [3.05, 3.63) is 0 Å². The lowest BCUT2D eigenvalue weighted by Gasteiger charge is -2.34. The first-order valence-corrected chi connectivity index (χ1v) is 3.83. The van der Waals surface area contributed by atoms with Gasteiger partial charge in [-0.25, -0.2) is 4.79 Å². The summed E-state index contributed by atoms with van der Waals surface area (Å²) in [6, 6.07) is 0.546. The maximum absolute atomic E-state index is 10.5. The Balaban J connectivity index is 2.49. The SMILES string of the molecule is C[C@H]1CN(C(=O)O)C[C@H](C)N1. The van der Waals surface area contributed by atoms with Gasteiger partial charge in [0.25, 0.3) is 0 Å². The third-order valence-corrected chi connectivity index (χ3v) is 1.83. The molecule has 4 heteroatoms. The molecule has 0 aromatic rings. The Labute approximate surface area is 66.2 Å². The van der Waals surface area contributed by atoms with Crippen molar-refractivity contribution in [2.24, 2.45) is 0 Å². The Morgan fingerprint density at radius 1 is 1.45 bits per heavy atom. The number of nitrogens with zero attached hydrogens (tertiary/aromatic N) is 1. The van der Waals surface area contributed by atoms with E-state index in [0.717, 1.165) is 0 Å². The van der Waals surface area contributed by atoms with Crippen LogP contribution in [0.1, 0.15) is 13.8 Å². The van der Waals surface area contributed by atoms with E-state index in [0.29, 0.717) is 13.1 Å². The van der Waals surface area contributed by atoms with Gasteiger partial charge in [-0.15, -0.1) is 0 Å². The minimum Gasteiger partial charge on any atom is -0.465 e. The molecule has 0 spiro atoms. The second-order valence-corrected chi connectivity index (χ2v) is 3.16. The molecule has 11 heavy (non-hydrogen) atoms. The molecule has 1 amide bonds. The van der Waals surface area contributed by atoms with Gasteiger partial charge in [0.2, 0.25) is 0 Å². The summed E-state index contributed by atoms with van der Waals surface area (Å²) in [5, 5.41) is 11.9. The van der Waals surface area contributed by atoms with Crippen LogP contribution < -0.4 is 5.32 Å². The molecular formula is C7H14N2O2. The molecule has 4 nitrogen and oxygen atoms in total. The first-order chi connectivity index (χ1) is 5.09. The average molecular weight is 158 g/mol. The topological polar surface area (TPSA) is 52.6 Å². The number of carbonyl (C=O) groups is 1. The standard InChI is InChI=1S/C7H14N2O2/c1-5-3-9(7(10)11)4-6(2)8-5/h5-6,8H,3-4H2,1-2H3,(H,10,11)/t5-,6-/m0/s1. The van der Waals surface area contributed by atoms with Gasteiger partial charge in [-0.2, -0.15) is 0 Å². The third-order valence-electron chi connectivity index (χ3n) is 1.83. The maximum atomic E-state index is 10.5. The number of carboxylic acid groups (broad SMARTS) is 1. The van der Waals surface area contributed by atoms with Crippen LogP contribution in [0.25, 0.3) is 0 Å². The lowest BCUT2D eigenvalue weighted by atomic mass is 10.2. The fourth-order valence-electron chi connectivity index (χ4n) is 1.48. The first-order valence-electron chi connectivity index (χ1n) is 3.83. The summed E-state index contributed by atoms with van der Waals surface area (Å²) >= 11 is 0. The van der Waals surface area contributed by atoms with E-state index >= 15 is 0 Å². The molecule has 0 radical (unpaired) electrons. The summed E-state index contributed by atoms with van der Waals surface area (Å²) < 4.78 is 0. The highest BCUT2D eigenvalue weighted by molar-refractivity contribution is 5.65. The van der Waals surface area contributed by atoms with Crippen LogP contribution in [0.3, 0.4) is 0 Å². The Kier molecular flexibility index (Phi) is 2.34. The number of amides is 1. The van der Waals surface area contributed by atoms with Crippen LogP contribution in [0.15, 0.2) is 0 Å². The summed E-state index contributed by atoms with van der Waals surface area (Å²) in [6.45, 7) is 5.18. The summed E-state index contributed by atoms with van der Waals surface area (Å²) in [5.74, 6) is 0. The van der Waals surface area contributed by atoms with Gasteiger partial charge in [0.05, 0.1) is 0 Å². The molecule has 1 rings (SSSR count). The molecule has 1 aliphatic rings. The minimum absolute atomic E-state index is 0.273. The lowest BCUT2D eigenvalue weighted by Crippen LogP contribution is -2.55. The maximum Gasteiger partial charge on any atom is 0.407 e. The zero-order valence-electron chi connectivity index (χ0n) is 6.87. The summed E-state index contributed by atoms with van der Waals surface area (Å²) in [5.41, 5.74) is 0. The fourth-order valence-corrected chi connectivity index (χ4v) is 1.48. The number of hydrogen-bond acceptors (Lipinski definition) is 2. The van der Waals surface area contributed by atoms with Gasteiger partial charge in [-0.1, -0.05) is 0 Å². The quantitative estimate of drug-likeness (QED) is 0.534. The van der Waals surface area contributed by atoms with Crippen molar-refractivity contribution in [3.63, 3.8) is 0 Å². The Morgan fingerprint density at radius 3 is 2.27 bits per heavy atom. The number of hydrogen-bond donors (Lipinski definition) is 2. The van der Waals surface area contributed by atoms with Crippen LogP contribution >= 0.6 is 0 Å². The number of piperazine rings is 1. The highest BCUT2D eigenvalue weighted by atomic mass is 16.4. The second kappa shape index (κ2) is 3.09. The van der Waals surface area contributed by atoms with Crippen LogP contribution in [0.4, 0.5) is 4.79 Å². The molecule has 0 bridgehead atoms. The lowest BCUT2D eigenvalue weighted by molar-refractivity contribution is 0.120. The molecule has 2 N–H and O–H groups in total. The Hall–Kier alpha value is -0.770. The van der Waals surface area contributed by atoms with Crippen molar-refractivity contribution in [2.75, 3.05) is 13.1 Å². The minimum atomic E-state index is -0.815. The zero-order valence-corrected chi connectivity index (χ0v) is 6.87. The van der Waals surface area contributed by atoms with Gasteiger partial charge in [0, 0.05) is 25.2 Å². The molecule has 2 atom stereocenters. The van der Waals surface area contributed by atoms with Crippen molar-refractivity contribution < 1.29 is 9.90 Å². The molecule has 1 fully saturated rings. The van der Waals surface area contributed by atoms with Crippen molar-refractivity contribution in [1.82, 2.24) is 10.2 Å². The van der Waals surface area contributed by atoms with E-state index in [1.165, 1.54) is 4.90 Å². The molecule has 0 aromatic carbocycles. The molecule has 1 heterocycles. The third kappa shape index (κ3) is 2.08. The van der Waals surface area contributed by atoms with E-state index in [4.69, 9.17) is 5.11 Å². The summed E-state index contributed by atoms with van der Waals surface area (Å²) in [4.78, 5) is 12.0. The largest absolute Gasteiger partial charge is 0.465 e. The normalized spacial score (nSPS) is 32.0. The van der Waals surface area contributed by atoms with Crippen LogP contribution in [-0.4, -0.2) is 41.3 Å². The predicted octanol–water partition coefficient (Wildman–Crippen LogP) is 0.347. The molecule has 64 valence electrons. The second-order valence-electron chi connectivity index (χ2n) is 3.16. The van der Waals surface area contributed by atoms with Crippen LogP contribution in [0.5, 0.6) is 0 Å². The highest BCUT2D eigenvalue weighted by Crippen LogP contribution is 2.03. The van der Waals surface area contributed by atoms with Gasteiger partial charge in [0.1, 0.15) is 0 Å². The van der Waals surface area contributed by atoms with E-state index in [1.807, 2.05) is 13.8 Å². The molecular weight excluding hydrogens is 144 g/mol. The van der Waals surface area contributed by atoms with E-state index < -0.39 is 6.09 Å². The molecule has 1 saturated heterocycles. The van der Waals surface area contributed by atoms with Crippen LogP contribution in [0, 0.1) is 0 Å². The van der Waals surface area contributed by atoms with Crippen molar-refractivity contribution in [3.8, 4) is 0 Å². The van der Waals surface area contributed by atoms with Crippen LogP contribution in [0.2, 0.25) is 0 Å². The highest BCUT2D eigenvalue weighted by Gasteiger charge is 2.23. The molecule has 0 unspecified atom stereocenters. The summed E-state index contributed by atoms with van der Waals surface area (Å²) in [6.07, 6.45) is -0.815. The average Bonchev–Trinajstić information content (AvgIpc) is 1.85. The predicted molar refractivity (Wildman–Crippen MR) is 41.7 cm³/mol. The van der Waals surface area contributed by atoms with E-state index in [-0.39, 0.29) is 12.1 Å². The number of rotatable bonds is 0. The van der Waals surface area contributed by atoms with E-state index in [2.05, 4.69) is 5.32 Å². The van der Waals surface area contributed by atoms with Crippen molar-refractivity contribution in [2.45, 2.75) is 25.9 Å². The van der Waals surface area contributed by atoms with Gasteiger partial charge in [-0.05, 0) is 13.8 Å². The monoisotopic (exact) mass is 158 g/mol. The van der Waals surface area contributed by atoms with Gasteiger partial charge < -0.3 is 15.3 Å².